The van der Waals surface area contributed by atoms with Crippen LogP contribution in [0.2, 0.25) is 0 Å². The molecule has 0 spiro atoms. The van der Waals surface area contributed by atoms with Gasteiger partial charge in [0, 0.05) is 44.0 Å². The number of sulfonamides is 1. The number of amides is 1. The summed E-state index contributed by atoms with van der Waals surface area (Å²) in [6.45, 7) is 0.875. The first-order valence-corrected chi connectivity index (χ1v) is 11.4. The Bertz CT molecular complexity index is 1310. The molecule has 9 heteroatoms. The molecule has 31 heavy (non-hydrogen) atoms. The first-order valence-electron chi connectivity index (χ1n) is 9.85. The van der Waals surface area contributed by atoms with E-state index in [0.717, 1.165) is 10.2 Å². The quantitative estimate of drug-likeness (QED) is 0.618. The number of nitrogens with zero attached hydrogens (tertiary/aromatic N) is 4. The first-order chi connectivity index (χ1) is 14.9. The minimum Gasteiger partial charge on any atom is -0.335 e. The van der Waals surface area contributed by atoms with E-state index in [0.29, 0.717) is 10.8 Å². The van der Waals surface area contributed by atoms with Crippen LogP contribution >= 0.6 is 0 Å². The molecular weight excluding hydrogens is 416 g/mol. The summed E-state index contributed by atoms with van der Waals surface area (Å²) in [5, 5.41) is 6.30. The molecule has 1 aliphatic rings. The summed E-state index contributed by atoms with van der Waals surface area (Å²) in [5.74, 6) is -0.316. The lowest BCUT2D eigenvalue weighted by Gasteiger charge is -2.33. The zero-order chi connectivity index (χ0) is 22.0. The van der Waals surface area contributed by atoms with Crippen LogP contribution in [0.15, 0.2) is 64.8 Å². The molecule has 2 heterocycles. The molecule has 0 aliphatic carbocycles. The summed E-state index contributed by atoms with van der Waals surface area (Å²) < 4.78 is 27.8. The van der Waals surface area contributed by atoms with Gasteiger partial charge in [0.05, 0.1) is 5.39 Å². The molecule has 1 saturated heterocycles. The smallest absolute Gasteiger partial charge is 0.275 e. The Balaban J connectivity index is 1.50. The fraction of sp³-hybridized carbons (Fsp3) is 0.227. The number of hydrogen-bond donors (Lipinski definition) is 0. The highest BCUT2D eigenvalue weighted by molar-refractivity contribution is 7.92. The van der Waals surface area contributed by atoms with Crippen molar-refractivity contribution in [3.05, 3.63) is 81.6 Å². The topological polar surface area (TPSA) is 92.6 Å². The molecule has 160 valence electrons. The van der Waals surface area contributed by atoms with E-state index < -0.39 is 10.0 Å². The van der Waals surface area contributed by atoms with Crippen LogP contribution in [0.3, 0.4) is 0 Å². The van der Waals surface area contributed by atoms with Crippen molar-refractivity contribution in [1.82, 2.24) is 19.0 Å². The van der Waals surface area contributed by atoms with Crippen LogP contribution in [0.25, 0.3) is 16.8 Å². The minimum atomic E-state index is -3.59. The number of benzene rings is 2. The van der Waals surface area contributed by atoms with E-state index in [1.807, 2.05) is 30.3 Å². The average Bonchev–Trinajstić information content (AvgIpc) is 2.80. The number of hydrogen-bond acceptors (Lipinski definition) is 5. The largest absolute Gasteiger partial charge is 0.335 e. The molecule has 2 aromatic carbocycles. The van der Waals surface area contributed by atoms with E-state index in [-0.39, 0.29) is 43.3 Å². The van der Waals surface area contributed by atoms with Crippen LogP contribution in [-0.4, -0.2) is 59.5 Å². The molecule has 0 bridgehead atoms. The lowest BCUT2D eigenvalue weighted by Crippen LogP contribution is -2.50. The van der Waals surface area contributed by atoms with E-state index in [2.05, 4.69) is 5.10 Å². The third-order valence-corrected chi connectivity index (χ3v) is 6.84. The molecule has 0 N–H and O–H groups in total. The third-order valence-electron chi connectivity index (χ3n) is 5.28. The van der Waals surface area contributed by atoms with Gasteiger partial charge in [0.25, 0.3) is 11.5 Å². The Hall–Kier alpha value is -3.30. The van der Waals surface area contributed by atoms with Gasteiger partial charge in [0.15, 0.2) is 5.69 Å². The van der Waals surface area contributed by atoms with Crippen LogP contribution in [0, 0.1) is 0 Å². The highest BCUT2D eigenvalue weighted by atomic mass is 32.2. The summed E-state index contributed by atoms with van der Waals surface area (Å²) in [6.07, 6.45) is 1.56. The van der Waals surface area contributed by atoms with E-state index in [9.17, 15) is 18.0 Å². The van der Waals surface area contributed by atoms with E-state index in [1.165, 1.54) is 16.8 Å². The molecule has 1 aliphatic heterocycles. The number of piperazine rings is 1. The van der Waals surface area contributed by atoms with Crippen molar-refractivity contribution in [3.8, 4) is 0 Å². The molecule has 8 nitrogen and oxygen atoms in total. The maximum atomic E-state index is 13.1. The molecule has 0 radical (unpaired) electrons. The second-order valence-corrected chi connectivity index (χ2v) is 9.09. The van der Waals surface area contributed by atoms with Gasteiger partial charge in [-0.2, -0.15) is 9.40 Å². The zero-order valence-electron chi connectivity index (χ0n) is 17.0. The number of rotatable bonds is 4. The van der Waals surface area contributed by atoms with Gasteiger partial charge in [-0.3, -0.25) is 9.59 Å². The van der Waals surface area contributed by atoms with Crippen molar-refractivity contribution < 1.29 is 13.2 Å². The predicted molar refractivity (Wildman–Crippen MR) is 119 cm³/mol. The van der Waals surface area contributed by atoms with Crippen molar-refractivity contribution in [2.45, 2.75) is 0 Å². The highest BCUT2D eigenvalue weighted by Crippen LogP contribution is 2.17. The SMILES string of the molecule is Cn1nc(C(=O)N2CCN(S(=O)(=O)C=Cc3ccccc3)CC2)c2ccccc2c1=O. The van der Waals surface area contributed by atoms with Crippen molar-refractivity contribution in [1.29, 1.82) is 0 Å². The van der Waals surface area contributed by atoms with Gasteiger partial charge < -0.3 is 4.90 Å². The fourth-order valence-electron chi connectivity index (χ4n) is 3.57. The number of carbonyl (C=O) groups excluding carboxylic acids is 1. The predicted octanol–water partition coefficient (Wildman–Crippen LogP) is 1.69. The molecule has 1 amide bonds. The summed E-state index contributed by atoms with van der Waals surface area (Å²) >= 11 is 0. The van der Waals surface area contributed by atoms with Gasteiger partial charge in [-0.15, -0.1) is 0 Å². The number of aryl methyl sites for hydroxylation is 1. The van der Waals surface area contributed by atoms with Crippen molar-refractivity contribution in [2.75, 3.05) is 26.2 Å². The van der Waals surface area contributed by atoms with Gasteiger partial charge in [0.1, 0.15) is 0 Å². The molecule has 1 aromatic heterocycles. The summed E-state index contributed by atoms with van der Waals surface area (Å²) in [4.78, 5) is 27.0. The molecule has 0 unspecified atom stereocenters. The zero-order valence-corrected chi connectivity index (χ0v) is 17.8. The maximum Gasteiger partial charge on any atom is 0.275 e. The van der Waals surface area contributed by atoms with Crippen molar-refractivity contribution >= 4 is 32.8 Å². The van der Waals surface area contributed by atoms with Gasteiger partial charge in [-0.25, -0.2) is 13.1 Å². The Labute approximate surface area is 180 Å². The Morgan fingerprint density at radius 2 is 1.55 bits per heavy atom. The Kier molecular flexibility index (Phi) is 5.71. The van der Waals surface area contributed by atoms with Gasteiger partial charge in [-0.1, -0.05) is 48.5 Å². The highest BCUT2D eigenvalue weighted by Gasteiger charge is 2.29. The van der Waals surface area contributed by atoms with Crippen LogP contribution in [0.4, 0.5) is 0 Å². The van der Waals surface area contributed by atoms with Gasteiger partial charge in [-0.05, 0) is 17.7 Å². The third kappa shape index (κ3) is 4.28. The van der Waals surface area contributed by atoms with Crippen molar-refractivity contribution in [3.63, 3.8) is 0 Å². The molecular formula is C22H22N4O4S. The number of aromatic nitrogens is 2. The first kappa shape index (κ1) is 21.0. The van der Waals surface area contributed by atoms with E-state index in [4.69, 9.17) is 0 Å². The summed E-state index contributed by atoms with van der Waals surface area (Å²) in [6, 6.07) is 16.1. The second kappa shape index (κ2) is 8.44. The lowest BCUT2D eigenvalue weighted by molar-refractivity contribution is 0.0692. The molecule has 3 aromatic rings. The molecule has 0 saturated carbocycles. The second-order valence-electron chi connectivity index (χ2n) is 7.27. The molecule has 1 fully saturated rings. The van der Waals surface area contributed by atoms with Crippen LogP contribution < -0.4 is 5.56 Å². The number of carbonyl (C=O) groups is 1. The van der Waals surface area contributed by atoms with E-state index in [1.54, 1.807) is 35.2 Å². The normalized spacial score (nSPS) is 15.6. The van der Waals surface area contributed by atoms with Gasteiger partial charge >= 0.3 is 0 Å². The Morgan fingerprint density at radius 3 is 2.23 bits per heavy atom. The average molecular weight is 439 g/mol. The monoisotopic (exact) mass is 438 g/mol. The van der Waals surface area contributed by atoms with Crippen LogP contribution in [0.1, 0.15) is 16.1 Å². The van der Waals surface area contributed by atoms with Crippen LogP contribution in [-0.2, 0) is 17.1 Å². The van der Waals surface area contributed by atoms with E-state index >= 15 is 0 Å². The van der Waals surface area contributed by atoms with Gasteiger partial charge in [0.2, 0.25) is 10.0 Å². The molecule has 0 atom stereocenters. The summed E-state index contributed by atoms with van der Waals surface area (Å²) in [7, 11) is -2.08. The fourth-order valence-corrected chi connectivity index (χ4v) is 4.74. The van der Waals surface area contributed by atoms with Crippen LogP contribution in [0.5, 0.6) is 0 Å². The van der Waals surface area contributed by atoms with Crippen molar-refractivity contribution in [2.24, 2.45) is 7.05 Å². The molecule has 4 rings (SSSR count). The standard InChI is InChI=1S/C22H22N4O4S/c1-24-21(27)19-10-6-5-9-18(19)20(23-24)22(28)25-12-14-26(15-13-25)31(29,30)16-11-17-7-3-2-4-8-17/h2-11,16H,12-15H2,1H3. The minimum absolute atomic E-state index is 0.191. The lowest BCUT2D eigenvalue weighted by atomic mass is 10.1. The number of fused-ring (bicyclic) bond motifs is 1. The Morgan fingerprint density at radius 1 is 0.935 bits per heavy atom. The summed E-state index contributed by atoms with van der Waals surface area (Å²) in [5.41, 5.74) is 0.721. The maximum absolute atomic E-state index is 13.1.